The van der Waals surface area contributed by atoms with E-state index in [1.165, 1.54) is 12.3 Å². The molecule has 2 aromatic rings. The number of aryl methyl sites for hydroxylation is 1. The van der Waals surface area contributed by atoms with Gasteiger partial charge in [0.05, 0.1) is 23.0 Å². The van der Waals surface area contributed by atoms with Crippen molar-refractivity contribution >= 4 is 40.2 Å². The van der Waals surface area contributed by atoms with Gasteiger partial charge in [0.1, 0.15) is 0 Å². The number of hydrogen-bond acceptors (Lipinski definition) is 3. The maximum Gasteiger partial charge on any atom is 0.337 e. The van der Waals surface area contributed by atoms with Crippen LogP contribution in [0.15, 0.2) is 24.4 Å². The Morgan fingerprint density at radius 2 is 2.11 bits per heavy atom. The zero-order valence-electron chi connectivity index (χ0n) is 9.90. The molecule has 3 N–H and O–H groups in total. The van der Waals surface area contributed by atoms with Crippen LogP contribution in [0.5, 0.6) is 0 Å². The number of anilines is 1. The lowest BCUT2D eigenvalue weighted by Crippen LogP contribution is -2.15. The summed E-state index contributed by atoms with van der Waals surface area (Å²) in [6.07, 6.45) is 1.40. The third kappa shape index (κ3) is 2.92. The first kappa shape index (κ1) is 13.5. The lowest BCUT2D eigenvalue weighted by atomic mass is 10.1. The molecule has 0 bridgehead atoms. The topological polar surface area (TPSA) is 95.1 Å². The number of amides is 1. The average Bonchev–Trinajstić information content (AvgIpc) is 2.77. The molecular formula is C12H10IN3O3. The van der Waals surface area contributed by atoms with E-state index >= 15 is 0 Å². The molecule has 1 heterocycles. The number of aromatic carboxylic acids is 1. The van der Waals surface area contributed by atoms with Crippen LogP contribution < -0.4 is 5.32 Å². The number of carbonyl (C=O) groups is 2. The Morgan fingerprint density at radius 3 is 2.68 bits per heavy atom. The van der Waals surface area contributed by atoms with E-state index in [-0.39, 0.29) is 11.3 Å². The van der Waals surface area contributed by atoms with Gasteiger partial charge in [0.2, 0.25) is 0 Å². The van der Waals surface area contributed by atoms with Gasteiger partial charge in [0, 0.05) is 9.26 Å². The lowest BCUT2D eigenvalue weighted by molar-refractivity contribution is 0.0698. The third-order valence-corrected chi connectivity index (χ3v) is 3.21. The number of nitrogens with one attached hydrogen (secondary N) is 2. The minimum absolute atomic E-state index is 0.0568. The summed E-state index contributed by atoms with van der Waals surface area (Å²) in [5, 5.41) is 18.1. The molecule has 1 amide bonds. The fraction of sp³-hybridized carbons (Fsp3) is 0.0833. The van der Waals surface area contributed by atoms with Gasteiger partial charge < -0.3 is 10.4 Å². The second kappa shape index (κ2) is 5.39. The van der Waals surface area contributed by atoms with Gasteiger partial charge in [-0.05, 0) is 47.7 Å². The van der Waals surface area contributed by atoms with Crippen LogP contribution in [-0.4, -0.2) is 27.2 Å². The number of nitrogens with zero attached hydrogens (tertiary/aromatic N) is 1. The number of carboxylic acids is 1. The Hall–Kier alpha value is -1.90. The van der Waals surface area contributed by atoms with Crippen molar-refractivity contribution in [2.45, 2.75) is 6.92 Å². The highest BCUT2D eigenvalue weighted by molar-refractivity contribution is 14.1. The second-order valence-electron chi connectivity index (χ2n) is 3.86. The molecule has 98 valence electrons. The first-order chi connectivity index (χ1) is 8.99. The van der Waals surface area contributed by atoms with Crippen LogP contribution in [0.4, 0.5) is 5.69 Å². The predicted molar refractivity (Wildman–Crippen MR) is 77.4 cm³/mol. The maximum atomic E-state index is 12.0. The molecule has 0 aliphatic rings. The SMILES string of the molecule is Cc1[nH]ncc1C(=O)Nc1ccc(I)cc1C(=O)O. The molecule has 19 heavy (non-hydrogen) atoms. The molecule has 6 nitrogen and oxygen atoms in total. The van der Waals surface area contributed by atoms with E-state index in [1.54, 1.807) is 19.1 Å². The van der Waals surface area contributed by atoms with E-state index in [0.29, 0.717) is 11.3 Å². The van der Waals surface area contributed by atoms with Crippen LogP contribution in [-0.2, 0) is 0 Å². The Labute approximate surface area is 122 Å². The molecular weight excluding hydrogens is 361 g/mol. The van der Waals surface area contributed by atoms with Gasteiger partial charge in [-0.2, -0.15) is 5.10 Å². The summed E-state index contributed by atoms with van der Waals surface area (Å²) in [4.78, 5) is 23.1. The lowest BCUT2D eigenvalue weighted by Gasteiger charge is -2.08. The average molecular weight is 371 g/mol. The first-order valence-electron chi connectivity index (χ1n) is 5.33. The quantitative estimate of drug-likeness (QED) is 0.722. The molecule has 0 aliphatic carbocycles. The van der Waals surface area contributed by atoms with Crippen molar-refractivity contribution in [3.8, 4) is 0 Å². The highest BCUT2D eigenvalue weighted by Gasteiger charge is 2.16. The summed E-state index contributed by atoms with van der Waals surface area (Å²) in [6, 6.07) is 4.80. The number of benzene rings is 1. The molecule has 2 rings (SSSR count). The molecule has 0 saturated heterocycles. The summed E-state index contributed by atoms with van der Waals surface area (Å²) in [7, 11) is 0. The van der Waals surface area contributed by atoms with Gasteiger partial charge in [-0.3, -0.25) is 9.89 Å². The number of halogens is 1. The highest BCUT2D eigenvalue weighted by Crippen LogP contribution is 2.20. The molecule has 7 heteroatoms. The van der Waals surface area contributed by atoms with E-state index in [2.05, 4.69) is 15.5 Å². The van der Waals surface area contributed by atoms with Crippen molar-refractivity contribution in [2.75, 3.05) is 5.32 Å². The molecule has 0 unspecified atom stereocenters. The van der Waals surface area contributed by atoms with Crippen molar-refractivity contribution in [2.24, 2.45) is 0 Å². The normalized spacial score (nSPS) is 10.2. The molecule has 0 fully saturated rings. The van der Waals surface area contributed by atoms with Gasteiger partial charge in [-0.15, -0.1) is 0 Å². The molecule has 1 aromatic heterocycles. The van der Waals surface area contributed by atoms with Crippen molar-refractivity contribution in [3.63, 3.8) is 0 Å². The summed E-state index contributed by atoms with van der Waals surface area (Å²) in [5.74, 6) is -1.48. The smallest absolute Gasteiger partial charge is 0.337 e. The standard InChI is InChI=1S/C12H10IN3O3/c1-6-9(5-14-16-6)11(17)15-10-3-2-7(13)4-8(10)12(18)19/h2-5H,1H3,(H,14,16)(H,15,17)(H,18,19). The van der Waals surface area contributed by atoms with Crippen molar-refractivity contribution in [1.82, 2.24) is 10.2 Å². The number of H-pyrrole nitrogens is 1. The Balaban J connectivity index is 2.32. The third-order valence-electron chi connectivity index (χ3n) is 2.53. The Bertz CT molecular complexity index is 651. The van der Waals surface area contributed by atoms with Crippen LogP contribution in [0.2, 0.25) is 0 Å². The van der Waals surface area contributed by atoms with Gasteiger partial charge in [0.25, 0.3) is 5.91 Å². The highest BCUT2D eigenvalue weighted by atomic mass is 127. The van der Waals surface area contributed by atoms with Crippen molar-refractivity contribution in [3.05, 3.63) is 44.8 Å². The number of carbonyl (C=O) groups excluding carboxylic acids is 1. The molecule has 0 aliphatic heterocycles. The fourth-order valence-electron chi connectivity index (χ4n) is 1.57. The number of hydrogen-bond donors (Lipinski definition) is 3. The summed E-state index contributed by atoms with van der Waals surface area (Å²) in [5.41, 5.74) is 1.33. The van der Waals surface area contributed by atoms with E-state index in [0.717, 1.165) is 3.57 Å². The van der Waals surface area contributed by atoms with Gasteiger partial charge in [-0.1, -0.05) is 0 Å². The Kier molecular flexibility index (Phi) is 3.84. The fourth-order valence-corrected chi connectivity index (χ4v) is 2.06. The number of aromatic amines is 1. The number of carboxylic acid groups (broad SMARTS) is 1. The van der Waals surface area contributed by atoms with E-state index < -0.39 is 11.9 Å². The number of aromatic nitrogens is 2. The zero-order valence-corrected chi connectivity index (χ0v) is 12.1. The molecule has 0 saturated carbocycles. The summed E-state index contributed by atoms with van der Waals surface area (Å²) >= 11 is 2.01. The predicted octanol–water partition coefficient (Wildman–Crippen LogP) is 2.27. The van der Waals surface area contributed by atoms with Crippen molar-refractivity contribution in [1.29, 1.82) is 0 Å². The summed E-state index contributed by atoms with van der Waals surface area (Å²) < 4.78 is 0.785. The van der Waals surface area contributed by atoms with Crippen molar-refractivity contribution < 1.29 is 14.7 Å². The van der Waals surface area contributed by atoms with Crippen LogP contribution in [0.25, 0.3) is 0 Å². The molecule has 0 spiro atoms. The maximum absolute atomic E-state index is 12.0. The second-order valence-corrected chi connectivity index (χ2v) is 5.10. The van der Waals surface area contributed by atoms with E-state index in [9.17, 15) is 9.59 Å². The van der Waals surface area contributed by atoms with Gasteiger partial charge >= 0.3 is 5.97 Å². The van der Waals surface area contributed by atoms with Gasteiger partial charge in [-0.25, -0.2) is 4.79 Å². The molecule has 1 aromatic carbocycles. The van der Waals surface area contributed by atoms with Crippen LogP contribution in [0, 0.1) is 10.5 Å². The number of rotatable bonds is 3. The first-order valence-corrected chi connectivity index (χ1v) is 6.41. The van der Waals surface area contributed by atoms with Crippen LogP contribution >= 0.6 is 22.6 Å². The van der Waals surface area contributed by atoms with E-state index in [1.807, 2.05) is 22.6 Å². The van der Waals surface area contributed by atoms with Crippen LogP contribution in [0.1, 0.15) is 26.4 Å². The largest absolute Gasteiger partial charge is 0.478 e. The summed E-state index contributed by atoms with van der Waals surface area (Å²) in [6.45, 7) is 1.72. The minimum atomic E-state index is -1.09. The van der Waals surface area contributed by atoms with Gasteiger partial charge in [0.15, 0.2) is 0 Å². The zero-order chi connectivity index (χ0) is 14.0. The monoisotopic (exact) mass is 371 g/mol. The van der Waals surface area contributed by atoms with E-state index in [4.69, 9.17) is 5.11 Å². The Morgan fingerprint density at radius 1 is 1.37 bits per heavy atom. The van der Waals surface area contributed by atoms with Crippen LogP contribution in [0.3, 0.4) is 0 Å². The minimum Gasteiger partial charge on any atom is -0.478 e. The molecule has 0 radical (unpaired) electrons. The molecule has 0 atom stereocenters.